The van der Waals surface area contributed by atoms with Crippen LogP contribution in [0.3, 0.4) is 0 Å². The number of amides is 1. The minimum Gasteiger partial charge on any atom is -0.383 e. The summed E-state index contributed by atoms with van der Waals surface area (Å²) in [6.45, 7) is 2.94. The molecule has 0 aliphatic rings. The van der Waals surface area contributed by atoms with E-state index in [1.54, 1.807) is 7.11 Å². The quantitative estimate of drug-likeness (QED) is 0.532. The first kappa shape index (κ1) is 10.4. The molecule has 4 heteroatoms. The van der Waals surface area contributed by atoms with E-state index < -0.39 is 0 Å². The zero-order chi connectivity index (χ0) is 8.69. The SMILES string of the molecule is CC[C@@H](N)C(=O)NCCOC. The number of rotatable bonds is 5. The first-order chi connectivity index (χ1) is 5.22. The van der Waals surface area contributed by atoms with Crippen LogP contribution < -0.4 is 11.1 Å². The Hall–Kier alpha value is -0.610. The van der Waals surface area contributed by atoms with Crippen LogP contribution in [0.4, 0.5) is 0 Å². The molecule has 11 heavy (non-hydrogen) atoms. The number of hydrogen-bond acceptors (Lipinski definition) is 3. The van der Waals surface area contributed by atoms with Gasteiger partial charge in [0.2, 0.25) is 5.91 Å². The molecule has 1 amide bonds. The first-order valence-electron chi connectivity index (χ1n) is 3.74. The summed E-state index contributed by atoms with van der Waals surface area (Å²) in [6, 6.07) is -0.383. The van der Waals surface area contributed by atoms with Gasteiger partial charge in [0.05, 0.1) is 12.6 Å². The van der Waals surface area contributed by atoms with Crippen LogP contribution in [0.25, 0.3) is 0 Å². The van der Waals surface area contributed by atoms with Gasteiger partial charge >= 0.3 is 0 Å². The highest BCUT2D eigenvalue weighted by atomic mass is 16.5. The van der Waals surface area contributed by atoms with Gasteiger partial charge in [-0.15, -0.1) is 0 Å². The van der Waals surface area contributed by atoms with Crippen LogP contribution in [-0.4, -0.2) is 32.2 Å². The van der Waals surface area contributed by atoms with Crippen molar-refractivity contribution in [3.05, 3.63) is 0 Å². The molecule has 3 N–H and O–H groups in total. The summed E-state index contributed by atoms with van der Waals surface area (Å²) < 4.78 is 4.75. The maximum absolute atomic E-state index is 11.0. The average Bonchev–Trinajstić information content (AvgIpc) is 2.03. The number of carbonyl (C=O) groups is 1. The molecule has 0 aromatic heterocycles. The molecule has 0 unspecified atom stereocenters. The summed E-state index contributed by atoms with van der Waals surface area (Å²) in [5.74, 6) is -0.107. The highest BCUT2D eigenvalue weighted by Crippen LogP contribution is 1.84. The highest BCUT2D eigenvalue weighted by Gasteiger charge is 2.08. The standard InChI is InChI=1S/C7H16N2O2/c1-3-6(8)7(10)9-4-5-11-2/h6H,3-5,8H2,1-2H3,(H,9,10)/t6-/m1/s1. The van der Waals surface area contributed by atoms with Gasteiger partial charge in [-0.25, -0.2) is 0 Å². The van der Waals surface area contributed by atoms with E-state index in [1.165, 1.54) is 0 Å². The third kappa shape index (κ3) is 4.75. The van der Waals surface area contributed by atoms with Crippen molar-refractivity contribution in [3.63, 3.8) is 0 Å². The minimum absolute atomic E-state index is 0.107. The minimum atomic E-state index is -0.383. The second-order valence-electron chi connectivity index (χ2n) is 2.30. The second kappa shape index (κ2) is 6.12. The van der Waals surface area contributed by atoms with Crippen molar-refractivity contribution >= 4 is 5.91 Å². The maximum atomic E-state index is 11.0. The van der Waals surface area contributed by atoms with Crippen molar-refractivity contribution in [1.29, 1.82) is 0 Å². The third-order valence-electron chi connectivity index (χ3n) is 1.38. The number of carbonyl (C=O) groups excluding carboxylic acids is 1. The van der Waals surface area contributed by atoms with Gasteiger partial charge in [-0.3, -0.25) is 4.79 Å². The summed E-state index contributed by atoms with van der Waals surface area (Å²) in [5.41, 5.74) is 5.45. The Labute approximate surface area is 67.1 Å². The molecule has 0 spiro atoms. The predicted molar refractivity (Wildman–Crippen MR) is 43.2 cm³/mol. The van der Waals surface area contributed by atoms with Gasteiger partial charge in [-0.05, 0) is 6.42 Å². The summed E-state index contributed by atoms with van der Waals surface area (Å²) in [6.07, 6.45) is 0.665. The van der Waals surface area contributed by atoms with Gasteiger partial charge < -0.3 is 15.8 Å². The topological polar surface area (TPSA) is 64.4 Å². The van der Waals surface area contributed by atoms with E-state index in [9.17, 15) is 4.79 Å². The summed E-state index contributed by atoms with van der Waals surface area (Å²) in [5, 5.41) is 2.65. The van der Waals surface area contributed by atoms with Crippen LogP contribution in [0.5, 0.6) is 0 Å². The summed E-state index contributed by atoms with van der Waals surface area (Å²) in [7, 11) is 1.59. The normalized spacial score (nSPS) is 12.6. The Morgan fingerprint density at radius 3 is 2.82 bits per heavy atom. The van der Waals surface area contributed by atoms with Crippen molar-refractivity contribution in [3.8, 4) is 0 Å². The number of nitrogens with one attached hydrogen (secondary N) is 1. The lowest BCUT2D eigenvalue weighted by molar-refractivity contribution is -0.122. The molecule has 0 fully saturated rings. The lowest BCUT2D eigenvalue weighted by atomic mass is 10.2. The van der Waals surface area contributed by atoms with Crippen LogP contribution in [0.1, 0.15) is 13.3 Å². The molecule has 0 bridgehead atoms. The number of nitrogens with two attached hydrogens (primary N) is 1. The summed E-state index contributed by atoms with van der Waals surface area (Å²) >= 11 is 0. The first-order valence-corrected chi connectivity index (χ1v) is 3.74. The molecule has 1 atom stereocenters. The smallest absolute Gasteiger partial charge is 0.236 e. The van der Waals surface area contributed by atoms with Crippen LogP contribution >= 0.6 is 0 Å². The predicted octanol–water partition coefficient (Wildman–Crippen LogP) is -0.514. The van der Waals surface area contributed by atoms with E-state index in [-0.39, 0.29) is 11.9 Å². The van der Waals surface area contributed by atoms with Gasteiger partial charge in [0.1, 0.15) is 0 Å². The number of methoxy groups -OCH3 is 1. The molecule has 0 rings (SSSR count). The molecule has 0 aliphatic carbocycles. The van der Waals surface area contributed by atoms with Gasteiger partial charge in [-0.2, -0.15) is 0 Å². The molecule has 0 saturated carbocycles. The fraction of sp³-hybridized carbons (Fsp3) is 0.857. The van der Waals surface area contributed by atoms with Gasteiger partial charge in [0.15, 0.2) is 0 Å². The van der Waals surface area contributed by atoms with E-state index >= 15 is 0 Å². The van der Waals surface area contributed by atoms with Gasteiger partial charge in [0.25, 0.3) is 0 Å². The van der Waals surface area contributed by atoms with E-state index in [4.69, 9.17) is 10.5 Å². The number of hydrogen-bond donors (Lipinski definition) is 2. The Kier molecular flexibility index (Phi) is 5.78. The van der Waals surface area contributed by atoms with Crippen molar-refractivity contribution < 1.29 is 9.53 Å². The molecule has 0 radical (unpaired) electrons. The lowest BCUT2D eigenvalue weighted by Gasteiger charge is -2.08. The highest BCUT2D eigenvalue weighted by molar-refractivity contribution is 5.81. The molecule has 0 heterocycles. The van der Waals surface area contributed by atoms with Gasteiger partial charge in [-0.1, -0.05) is 6.92 Å². The molecule has 4 nitrogen and oxygen atoms in total. The Bertz CT molecular complexity index is 117. The van der Waals surface area contributed by atoms with Gasteiger partial charge in [0, 0.05) is 13.7 Å². The third-order valence-corrected chi connectivity index (χ3v) is 1.38. The van der Waals surface area contributed by atoms with Crippen molar-refractivity contribution in [2.24, 2.45) is 5.73 Å². The summed E-state index contributed by atoms with van der Waals surface area (Å²) in [4.78, 5) is 11.0. The second-order valence-corrected chi connectivity index (χ2v) is 2.30. The van der Waals surface area contributed by atoms with E-state index in [2.05, 4.69) is 5.32 Å². The molecule has 0 aromatic carbocycles. The molecule has 0 saturated heterocycles. The van der Waals surface area contributed by atoms with E-state index in [0.29, 0.717) is 19.6 Å². The Morgan fingerprint density at radius 2 is 2.36 bits per heavy atom. The van der Waals surface area contributed by atoms with Crippen molar-refractivity contribution in [2.45, 2.75) is 19.4 Å². The van der Waals surface area contributed by atoms with Crippen LogP contribution in [-0.2, 0) is 9.53 Å². The molecule has 0 aliphatic heterocycles. The number of ether oxygens (including phenoxy) is 1. The maximum Gasteiger partial charge on any atom is 0.236 e. The van der Waals surface area contributed by atoms with Crippen molar-refractivity contribution in [2.75, 3.05) is 20.3 Å². The average molecular weight is 160 g/mol. The molecular formula is C7H16N2O2. The fourth-order valence-corrected chi connectivity index (χ4v) is 0.593. The Balaban J connectivity index is 3.36. The molecular weight excluding hydrogens is 144 g/mol. The van der Waals surface area contributed by atoms with Crippen LogP contribution in [0, 0.1) is 0 Å². The zero-order valence-electron chi connectivity index (χ0n) is 7.09. The largest absolute Gasteiger partial charge is 0.383 e. The molecule has 66 valence electrons. The fourth-order valence-electron chi connectivity index (χ4n) is 0.593. The molecule has 0 aromatic rings. The lowest BCUT2D eigenvalue weighted by Crippen LogP contribution is -2.41. The van der Waals surface area contributed by atoms with Crippen LogP contribution in [0.15, 0.2) is 0 Å². The van der Waals surface area contributed by atoms with E-state index in [1.807, 2.05) is 6.92 Å². The monoisotopic (exact) mass is 160 g/mol. The Morgan fingerprint density at radius 1 is 1.73 bits per heavy atom. The van der Waals surface area contributed by atoms with Crippen molar-refractivity contribution in [1.82, 2.24) is 5.32 Å². The van der Waals surface area contributed by atoms with Crippen LogP contribution in [0.2, 0.25) is 0 Å². The zero-order valence-corrected chi connectivity index (χ0v) is 7.09. The van der Waals surface area contributed by atoms with E-state index in [0.717, 1.165) is 0 Å².